The second kappa shape index (κ2) is 45.8. The van der Waals surface area contributed by atoms with Gasteiger partial charge >= 0.3 is 13.8 Å². The Kier molecular flexibility index (Phi) is 44.4. The SMILES string of the molecule is CCCCCC/C=C\C/C=C\CCCCCCCCCCOCC(COP(=O)(O)OCC[N+](C)(C)C)OC(=O)CCCCCCCC/C=C\C/C=C\C/C=C\CCCCCCC. The van der Waals surface area contributed by atoms with E-state index in [-0.39, 0.29) is 25.8 Å². The number of phosphoric acid groups is 1. The molecule has 0 amide bonds. The number of unbranched alkanes of at least 4 members (excludes halogenated alkanes) is 23. The lowest BCUT2D eigenvalue weighted by Gasteiger charge is -2.24. The number of nitrogens with zero attached hydrogens (tertiary/aromatic N) is 1. The van der Waals surface area contributed by atoms with Crippen molar-refractivity contribution in [3.05, 3.63) is 60.8 Å². The Balaban J connectivity index is 4.21. The van der Waals surface area contributed by atoms with Gasteiger partial charge in [0.05, 0.1) is 34.4 Å². The molecule has 0 heterocycles. The summed E-state index contributed by atoms with van der Waals surface area (Å²) in [6.07, 6.45) is 58.3. The predicted molar refractivity (Wildman–Crippen MR) is 266 cm³/mol. The van der Waals surface area contributed by atoms with Gasteiger partial charge in [0, 0.05) is 13.0 Å². The predicted octanol–water partition coefficient (Wildman–Crippen LogP) is 15.7. The Morgan fingerprint density at radius 1 is 0.500 bits per heavy atom. The summed E-state index contributed by atoms with van der Waals surface area (Å²) in [5, 5.41) is 0. The van der Waals surface area contributed by atoms with Gasteiger partial charge in [-0.3, -0.25) is 13.8 Å². The Morgan fingerprint density at radius 3 is 1.34 bits per heavy atom. The molecule has 2 unspecified atom stereocenters. The van der Waals surface area contributed by atoms with Gasteiger partial charge in [-0.25, -0.2) is 4.57 Å². The lowest BCUT2D eigenvalue weighted by Crippen LogP contribution is -2.37. The fourth-order valence-electron chi connectivity index (χ4n) is 6.83. The zero-order chi connectivity index (χ0) is 45.5. The number of carbonyl (C=O) groups excluding carboxylic acids is 1. The Morgan fingerprint density at radius 2 is 0.887 bits per heavy atom. The van der Waals surface area contributed by atoms with Crippen molar-refractivity contribution in [3.63, 3.8) is 0 Å². The van der Waals surface area contributed by atoms with E-state index < -0.39 is 13.9 Å². The molecule has 2 atom stereocenters. The lowest BCUT2D eigenvalue weighted by atomic mass is 10.1. The van der Waals surface area contributed by atoms with Crippen molar-refractivity contribution >= 4 is 13.8 Å². The summed E-state index contributed by atoms with van der Waals surface area (Å²) in [5.41, 5.74) is 0. The Hall–Kier alpha value is -1.80. The topological polar surface area (TPSA) is 91.3 Å². The van der Waals surface area contributed by atoms with Gasteiger partial charge in [0.15, 0.2) is 0 Å². The van der Waals surface area contributed by atoms with Crippen LogP contribution in [0.4, 0.5) is 0 Å². The Labute approximate surface area is 383 Å². The summed E-state index contributed by atoms with van der Waals surface area (Å²) in [6, 6.07) is 0. The average molecular weight is 893 g/mol. The van der Waals surface area contributed by atoms with Crippen LogP contribution in [0.3, 0.4) is 0 Å². The lowest BCUT2D eigenvalue weighted by molar-refractivity contribution is -0.870. The standard InChI is InChI=1S/C53H98NO7P/c1-6-8-10-12-14-16-18-20-22-24-26-27-28-30-32-34-36-38-40-42-44-46-53(55)61-52(51-60-62(56,57)59-49-47-54(3,4)5)50-58-48-45-43-41-39-37-35-33-31-29-25-23-21-19-17-15-13-11-9-7-2/h17-20,23-26,28,30,52H,6-16,21-22,27,29,31-51H2,1-5H3/p+1/b19-17-,20-18-,25-23-,26-24-,30-28-. The molecule has 0 spiro atoms. The maximum atomic E-state index is 12.8. The highest BCUT2D eigenvalue weighted by molar-refractivity contribution is 7.47. The fourth-order valence-corrected chi connectivity index (χ4v) is 7.57. The van der Waals surface area contributed by atoms with Crippen LogP contribution in [0.5, 0.6) is 0 Å². The molecule has 362 valence electrons. The number of likely N-dealkylation sites (N-methyl/N-ethyl adjacent to an activating group) is 1. The molecule has 0 bridgehead atoms. The number of hydrogen-bond acceptors (Lipinski definition) is 6. The quantitative estimate of drug-likeness (QED) is 0.0214. The van der Waals surface area contributed by atoms with E-state index in [0.717, 1.165) is 64.2 Å². The van der Waals surface area contributed by atoms with Gasteiger partial charge in [-0.1, -0.05) is 184 Å². The number of esters is 1. The van der Waals surface area contributed by atoms with Crippen LogP contribution in [-0.4, -0.2) is 75.6 Å². The number of carbonyl (C=O) groups is 1. The molecule has 0 rings (SSSR count). The summed E-state index contributed by atoms with van der Waals surface area (Å²) in [6.45, 7) is 5.57. The van der Waals surface area contributed by atoms with Crippen LogP contribution in [0.15, 0.2) is 60.8 Å². The molecule has 0 fully saturated rings. The third kappa shape index (κ3) is 49.2. The van der Waals surface area contributed by atoms with E-state index in [1.165, 1.54) is 128 Å². The first-order valence-electron chi connectivity index (χ1n) is 25.5. The molecule has 0 aromatic heterocycles. The molecule has 0 radical (unpaired) electrons. The average Bonchev–Trinajstić information content (AvgIpc) is 3.23. The molecule has 0 saturated carbocycles. The number of allylic oxidation sites excluding steroid dienone is 10. The third-order valence-electron chi connectivity index (χ3n) is 10.8. The number of quaternary nitrogens is 1. The van der Waals surface area contributed by atoms with Crippen molar-refractivity contribution in [3.8, 4) is 0 Å². The summed E-state index contributed by atoms with van der Waals surface area (Å²) in [4.78, 5) is 23.0. The van der Waals surface area contributed by atoms with Crippen molar-refractivity contribution in [2.75, 3.05) is 54.1 Å². The van der Waals surface area contributed by atoms with E-state index in [9.17, 15) is 14.3 Å². The molecule has 0 saturated heterocycles. The van der Waals surface area contributed by atoms with E-state index in [4.69, 9.17) is 18.5 Å². The number of phosphoric ester groups is 1. The molecule has 1 N–H and O–H groups in total. The number of ether oxygens (including phenoxy) is 2. The minimum atomic E-state index is -4.29. The maximum Gasteiger partial charge on any atom is 0.472 e. The van der Waals surface area contributed by atoms with Crippen LogP contribution >= 0.6 is 7.82 Å². The van der Waals surface area contributed by atoms with Crippen molar-refractivity contribution < 1.29 is 37.3 Å². The van der Waals surface area contributed by atoms with E-state index >= 15 is 0 Å². The van der Waals surface area contributed by atoms with Gasteiger partial charge in [-0.2, -0.15) is 0 Å². The van der Waals surface area contributed by atoms with Gasteiger partial charge < -0.3 is 18.9 Å². The van der Waals surface area contributed by atoms with Crippen LogP contribution in [0, 0.1) is 0 Å². The van der Waals surface area contributed by atoms with Crippen LogP contribution in [0.25, 0.3) is 0 Å². The van der Waals surface area contributed by atoms with Gasteiger partial charge in [0.2, 0.25) is 0 Å². The Bertz CT molecular complexity index is 1170. The van der Waals surface area contributed by atoms with Gasteiger partial charge in [0.1, 0.15) is 19.3 Å². The fraction of sp³-hybridized carbons (Fsp3) is 0.792. The second-order valence-corrected chi connectivity index (χ2v) is 19.6. The molecule has 8 nitrogen and oxygen atoms in total. The smallest absolute Gasteiger partial charge is 0.457 e. The van der Waals surface area contributed by atoms with Crippen molar-refractivity contribution in [2.24, 2.45) is 0 Å². The highest BCUT2D eigenvalue weighted by Gasteiger charge is 2.26. The van der Waals surface area contributed by atoms with Crippen molar-refractivity contribution in [1.82, 2.24) is 0 Å². The second-order valence-electron chi connectivity index (χ2n) is 18.2. The zero-order valence-electron chi connectivity index (χ0n) is 41.1. The van der Waals surface area contributed by atoms with Gasteiger partial charge in [0.25, 0.3) is 0 Å². The molecule has 0 aliphatic carbocycles. The highest BCUT2D eigenvalue weighted by Crippen LogP contribution is 2.43. The molecular weight excluding hydrogens is 794 g/mol. The molecule has 0 aromatic rings. The van der Waals surface area contributed by atoms with E-state index in [2.05, 4.69) is 74.6 Å². The molecule has 0 aliphatic heterocycles. The summed E-state index contributed by atoms with van der Waals surface area (Å²) in [5.74, 6) is -0.328. The van der Waals surface area contributed by atoms with Crippen molar-refractivity contribution in [2.45, 2.75) is 219 Å². The van der Waals surface area contributed by atoms with Crippen LogP contribution in [0.1, 0.15) is 213 Å². The van der Waals surface area contributed by atoms with Crippen LogP contribution < -0.4 is 0 Å². The summed E-state index contributed by atoms with van der Waals surface area (Å²) in [7, 11) is 1.65. The van der Waals surface area contributed by atoms with E-state index in [1.807, 2.05) is 21.1 Å². The minimum absolute atomic E-state index is 0.0823. The molecular formula is C53H99NO7P+. The summed E-state index contributed by atoms with van der Waals surface area (Å²) >= 11 is 0. The molecule has 62 heavy (non-hydrogen) atoms. The first-order valence-corrected chi connectivity index (χ1v) is 27.0. The summed E-state index contributed by atoms with van der Waals surface area (Å²) < 4.78 is 35.1. The maximum absolute atomic E-state index is 12.8. The highest BCUT2D eigenvalue weighted by atomic mass is 31.2. The van der Waals surface area contributed by atoms with Gasteiger partial charge in [-0.05, 0) is 83.5 Å². The minimum Gasteiger partial charge on any atom is -0.457 e. The van der Waals surface area contributed by atoms with Crippen LogP contribution in [0.2, 0.25) is 0 Å². The first kappa shape index (κ1) is 60.2. The largest absolute Gasteiger partial charge is 0.472 e. The molecule has 0 aromatic carbocycles. The molecule has 9 heteroatoms. The van der Waals surface area contributed by atoms with Gasteiger partial charge in [-0.15, -0.1) is 0 Å². The van der Waals surface area contributed by atoms with E-state index in [0.29, 0.717) is 24.1 Å². The number of hydrogen-bond donors (Lipinski definition) is 1. The van der Waals surface area contributed by atoms with Crippen LogP contribution in [-0.2, 0) is 27.9 Å². The normalized spacial score (nSPS) is 14.1. The van der Waals surface area contributed by atoms with Crippen molar-refractivity contribution in [1.29, 1.82) is 0 Å². The van der Waals surface area contributed by atoms with E-state index in [1.54, 1.807) is 0 Å². The first-order chi connectivity index (χ1) is 30.1. The zero-order valence-corrected chi connectivity index (χ0v) is 42.0. The number of rotatable bonds is 47. The third-order valence-corrected chi connectivity index (χ3v) is 11.8. The monoisotopic (exact) mass is 893 g/mol. The molecule has 0 aliphatic rings.